The van der Waals surface area contributed by atoms with Crippen molar-refractivity contribution in [2.45, 2.75) is 38.7 Å². The Morgan fingerprint density at radius 2 is 2.06 bits per heavy atom. The summed E-state index contributed by atoms with van der Waals surface area (Å²) in [7, 11) is 0. The minimum atomic E-state index is -0.430. The number of hydrogen-bond donors (Lipinski definition) is 0. The first-order valence-corrected chi connectivity index (χ1v) is 6.24. The molecule has 0 radical (unpaired) electrons. The van der Waals surface area contributed by atoms with E-state index in [-0.39, 0.29) is 5.78 Å². The van der Waals surface area contributed by atoms with Crippen LogP contribution in [-0.4, -0.2) is 18.0 Å². The monoisotopic (exact) mass is 248 g/mol. The number of ketones is 1. The molecule has 2 aliphatic rings. The summed E-state index contributed by atoms with van der Waals surface area (Å²) in [5, 5.41) is 0. The van der Waals surface area contributed by atoms with Crippen molar-refractivity contribution in [3.8, 4) is 11.5 Å². The second-order valence-electron chi connectivity index (χ2n) is 5.43. The van der Waals surface area contributed by atoms with E-state index < -0.39 is 5.60 Å². The number of carbonyl (C=O) groups is 1. The van der Waals surface area contributed by atoms with E-state index in [9.17, 15) is 4.79 Å². The zero-order valence-corrected chi connectivity index (χ0v) is 10.6. The summed E-state index contributed by atoms with van der Waals surface area (Å²) >= 11 is 0. The fourth-order valence-electron chi connectivity index (χ4n) is 2.42. The van der Waals surface area contributed by atoms with E-state index in [1.165, 1.54) is 0 Å². The molecule has 2 heterocycles. The van der Waals surface area contributed by atoms with Crippen LogP contribution in [-0.2, 0) is 11.3 Å². The van der Waals surface area contributed by atoms with Gasteiger partial charge in [-0.3, -0.25) is 4.79 Å². The minimum Gasteiger partial charge on any atom is -0.487 e. The van der Waals surface area contributed by atoms with Crippen LogP contribution in [0, 0.1) is 0 Å². The first-order valence-electron chi connectivity index (χ1n) is 6.24. The molecule has 0 amide bonds. The van der Waals surface area contributed by atoms with Crippen molar-refractivity contribution in [1.82, 2.24) is 0 Å². The molecule has 2 aliphatic heterocycles. The Balaban J connectivity index is 2.07. The van der Waals surface area contributed by atoms with Gasteiger partial charge in [0.25, 0.3) is 0 Å². The number of fused-ring (bicyclic) bond motifs is 2. The van der Waals surface area contributed by atoms with Crippen LogP contribution in [0.4, 0.5) is 0 Å². The number of rotatable bonds is 0. The highest BCUT2D eigenvalue weighted by Gasteiger charge is 2.33. The van der Waals surface area contributed by atoms with Gasteiger partial charge in [0, 0.05) is 5.56 Å². The molecule has 0 saturated heterocycles. The van der Waals surface area contributed by atoms with Crippen LogP contribution in [0.2, 0.25) is 0 Å². The number of aryl methyl sites for hydroxylation is 1. The Bertz CT molecular complexity index is 505. The van der Waals surface area contributed by atoms with Crippen LogP contribution in [0.25, 0.3) is 0 Å². The highest BCUT2D eigenvalue weighted by Crippen LogP contribution is 2.38. The third kappa shape index (κ3) is 1.97. The zero-order valence-electron chi connectivity index (χ0n) is 10.6. The van der Waals surface area contributed by atoms with Crippen LogP contribution in [0.15, 0.2) is 12.1 Å². The van der Waals surface area contributed by atoms with Gasteiger partial charge in [0.2, 0.25) is 0 Å². The summed E-state index contributed by atoms with van der Waals surface area (Å²) in [6.07, 6.45) is 2.17. The number of Topliss-reactive ketones (excluding diaryl/α,β-unsaturated/α-hetero) is 1. The van der Waals surface area contributed by atoms with Crippen molar-refractivity contribution in [1.29, 1.82) is 0 Å². The lowest BCUT2D eigenvalue weighted by Crippen LogP contribution is -2.35. The number of carbonyl (C=O) groups excluding carboxylic acids is 1. The number of hydrogen-bond acceptors (Lipinski definition) is 4. The van der Waals surface area contributed by atoms with Crippen molar-refractivity contribution in [3.05, 3.63) is 23.3 Å². The molecule has 0 N–H and O–H groups in total. The van der Waals surface area contributed by atoms with Crippen molar-refractivity contribution >= 4 is 5.78 Å². The summed E-state index contributed by atoms with van der Waals surface area (Å²) in [4.78, 5) is 22.3. The molecule has 1 aromatic carbocycles. The average molecular weight is 248 g/mol. The lowest BCUT2D eigenvalue weighted by Gasteiger charge is -2.32. The molecule has 1 aromatic rings. The zero-order chi connectivity index (χ0) is 12.8. The lowest BCUT2D eigenvalue weighted by atomic mass is 9.91. The van der Waals surface area contributed by atoms with Crippen LogP contribution in [0.1, 0.15) is 42.6 Å². The van der Waals surface area contributed by atoms with E-state index in [0.29, 0.717) is 30.1 Å². The summed E-state index contributed by atoms with van der Waals surface area (Å²) in [5.41, 5.74) is 1.20. The third-order valence-corrected chi connectivity index (χ3v) is 3.26. The third-order valence-electron chi connectivity index (χ3n) is 3.26. The van der Waals surface area contributed by atoms with Gasteiger partial charge < -0.3 is 9.62 Å². The second-order valence-corrected chi connectivity index (χ2v) is 5.43. The Morgan fingerprint density at radius 1 is 1.22 bits per heavy atom. The van der Waals surface area contributed by atoms with Crippen LogP contribution in [0.5, 0.6) is 11.5 Å². The van der Waals surface area contributed by atoms with Gasteiger partial charge in [-0.25, -0.2) is 0 Å². The molecule has 18 heavy (non-hydrogen) atoms. The SMILES string of the molecule is CC1(C)CC(=O)c2cc3c(cc2O1)CCCOO3. The summed E-state index contributed by atoms with van der Waals surface area (Å²) < 4.78 is 5.88. The summed E-state index contributed by atoms with van der Waals surface area (Å²) in [5.74, 6) is 1.40. The van der Waals surface area contributed by atoms with Gasteiger partial charge in [0.15, 0.2) is 11.5 Å². The van der Waals surface area contributed by atoms with Gasteiger partial charge in [0.1, 0.15) is 11.4 Å². The van der Waals surface area contributed by atoms with Crippen LogP contribution >= 0.6 is 0 Å². The van der Waals surface area contributed by atoms with Gasteiger partial charge in [0.05, 0.1) is 18.6 Å². The molecule has 0 atom stereocenters. The molecule has 0 aliphatic carbocycles. The first-order chi connectivity index (χ1) is 8.55. The number of benzene rings is 1. The van der Waals surface area contributed by atoms with Gasteiger partial charge in [-0.05, 0) is 38.8 Å². The second kappa shape index (κ2) is 3.99. The smallest absolute Gasteiger partial charge is 0.170 e. The highest BCUT2D eigenvalue weighted by molar-refractivity contribution is 6.00. The average Bonchev–Trinajstić information content (AvgIpc) is 2.50. The van der Waals surface area contributed by atoms with E-state index in [1.54, 1.807) is 6.07 Å². The first kappa shape index (κ1) is 11.5. The molecular formula is C14H16O4. The molecule has 3 rings (SSSR count). The van der Waals surface area contributed by atoms with Crippen molar-refractivity contribution in [3.63, 3.8) is 0 Å². The van der Waals surface area contributed by atoms with Gasteiger partial charge >= 0.3 is 0 Å². The largest absolute Gasteiger partial charge is 0.487 e. The molecule has 96 valence electrons. The molecule has 0 saturated carbocycles. The van der Waals surface area contributed by atoms with Crippen LogP contribution in [0.3, 0.4) is 0 Å². The van der Waals surface area contributed by atoms with Crippen molar-refractivity contribution < 1.29 is 19.3 Å². The number of ether oxygens (including phenoxy) is 1. The molecule has 0 unspecified atom stereocenters. The van der Waals surface area contributed by atoms with E-state index in [2.05, 4.69) is 0 Å². The molecular weight excluding hydrogens is 232 g/mol. The molecule has 0 bridgehead atoms. The maximum atomic E-state index is 12.1. The standard InChI is InChI=1S/C14H16O4/c1-14(2)8-11(15)10-7-12-9(6-13(10)17-14)4-3-5-16-18-12/h6-7H,3-5,8H2,1-2H3. The topological polar surface area (TPSA) is 44.8 Å². The Hall–Kier alpha value is -1.55. The molecule has 0 aromatic heterocycles. The highest BCUT2D eigenvalue weighted by atomic mass is 17.2. The fraction of sp³-hybridized carbons (Fsp3) is 0.500. The van der Waals surface area contributed by atoms with E-state index >= 15 is 0 Å². The molecule has 0 spiro atoms. The van der Waals surface area contributed by atoms with Gasteiger partial charge in [-0.1, -0.05) is 0 Å². The minimum absolute atomic E-state index is 0.0943. The maximum absolute atomic E-state index is 12.1. The quantitative estimate of drug-likeness (QED) is 0.662. The predicted molar refractivity (Wildman–Crippen MR) is 65.0 cm³/mol. The maximum Gasteiger partial charge on any atom is 0.170 e. The van der Waals surface area contributed by atoms with E-state index in [4.69, 9.17) is 14.5 Å². The fourth-order valence-corrected chi connectivity index (χ4v) is 2.42. The Labute approximate surface area is 106 Å². The molecule has 0 fully saturated rings. The van der Waals surface area contributed by atoms with E-state index in [0.717, 1.165) is 18.4 Å². The Morgan fingerprint density at radius 3 is 2.89 bits per heavy atom. The molecule has 4 heteroatoms. The van der Waals surface area contributed by atoms with E-state index in [1.807, 2.05) is 19.9 Å². The summed E-state index contributed by atoms with van der Waals surface area (Å²) in [6.45, 7) is 4.43. The van der Waals surface area contributed by atoms with Gasteiger partial charge in [-0.2, -0.15) is 4.89 Å². The van der Waals surface area contributed by atoms with Gasteiger partial charge in [-0.15, -0.1) is 0 Å². The van der Waals surface area contributed by atoms with Crippen LogP contribution < -0.4 is 9.62 Å². The Kier molecular flexibility index (Phi) is 2.55. The molecule has 4 nitrogen and oxygen atoms in total. The lowest BCUT2D eigenvalue weighted by molar-refractivity contribution is -0.203. The predicted octanol–water partition coefficient (Wildman–Crippen LogP) is 2.69. The van der Waals surface area contributed by atoms with Crippen molar-refractivity contribution in [2.75, 3.05) is 6.61 Å². The summed E-state index contributed by atoms with van der Waals surface area (Å²) in [6, 6.07) is 3.66. The normalized spacial score (nSPS) is 21.1. The van der Waals surface area contributed by atoms with Crippen molar-refractivity contribution in [2.24, 2.45) is 0 Å².